The lowest BCUT2D eigenvalue weighted by Crippen LogP contribution is -2.22. The molecule has 2 aromatic carbocycles. The van der Waals surface area contributed by atoms with Crippen LogP contribution in [0.3, 0.4) is 0 Å². The number of hydrogen-bond acceptors (Lipinski definition) is 4. The third kappa shape index (κ3) is 2.81. The standard InChI is InChI=1S/C18H15NO4/c1-10-3-8-15-14(9-10)11(2)16(23-15)17(20)19-13-6-4-12(5-7-13)18(21)22/h3-9H,1-2H3,(H,19,20)(H,21,22)/p-1. The van der Waals surface area contributed by atoms with E-state index in [1.165, 1.54) is 24.3 Å². The van der Waals surface area contributed by atoms with Gasteiger partial charge in [-0.1, -0.05) is 23.8 Å². The largest absolute Gasteiger partial charge is 0.545 e. The summed E-state index contributed by atoms with van der Waals surface area (Å²) in [6.45, 7) is 3.81. The van der Waals surface area contributed by atoms with E-state index in [1.54, 1.807) is 0 Å². The summed E-state index contributed by atoms with van der Waals surface area (Å²) in [6, 6.07) is 11.5. The number of nitrogens with one attached hydrogen (secondary N) is 1. The minimum atomic E-state index is -1.26. The molecular formula is C18H14NO4-. The van der Waals surface area contributed by atoms with Gasteiger partial charge in [0.1, 0.15) is 5.58 Å². The smallest absolute Gasteiger partial charge is 0.291 e. The van der Waals surface area contributed by atoms with Crippen molar-refractivity contribution >= 4 is 28.5 Å². The zero-order valence-corrected chi connectivity index (χ0v) is 12.7. The predicted molar refractivity (Wildman–Crippen MR) is 84.4 cm³/mol. The molecule has 5 heteroatoms. The molecule has 0 aliphatic heterocycles. The Morgan fingerprint density at radius 3 is 2.39 bits per heavy atom. The van der Waals surface area contributed by atoms with Crippen molar-refractivity contribution in [1.82, 2.24) is 0 Å². The van der Waals surface area contributed by atoms with Crippen LogP contribution in [0.1, 0.15) is 32.0 Å². The maximum Gasteiger partial charge on any atom is 0.291 e. The first-order chi connectivity index (χ1) is 11.0. The van der Waals surface area contributed by atoms with E-state index in [0.29, 0.717) is 11.3 Å². The van der Waals surface area contributed by atoms with E-state index in [0.717, 1.165) is 16.5 Å². The highest BCUT2D eigenvalue weighted by atomic mass is 16.4. The Morgan fingerprint density at radius 2 is 1.74 bits per heavy atom. The van der Waals surface area contributed by atoms with Crippen LogP contribution >= 0.6 is 0 Å². The van der Waals surface area contributed by atoms with Gasteiger partial charge in [0.05, 0.1) is 5.97 Å². The Morgan fingerprint density at radius 1 is 1.04 bits per heavy atom. The first-order valence-electron chi connectivity index (χ1n) is 7.08. The van der Waals surface area contributed by atoms with E-state index in [2.05, 4.69) is 5.32 Å². The number of rotatable bonds is 3. The summed E-state index contributed by atoms with van der Waals surface area (Å²) in [4.78, 5) is 23.1. The number of benzene rings is 2. The summed E-state index contributed by atoms with van der Waals surface area (Å²) < 4.78 is 5.63. The summed E-state index contributed by atoms with van der Waals surface area (Å²) in [6.07, 6.45) is 0. The van der Waals surface area contributed by atoms with Crippen LogP contribution in [0.5, 0.6) is 0 Å². The molecule has 116 valence electrons. The Balaban J connectivity index is 1.88. The number of anilines is 1. The number of amides is 1. The van der Waals surface area contributed by atoms with Gasteiger partial charge < -0.3 is 19.6 Å². The monoisotopic (exact) mass is 308 g/mol. The van der Waals surface area contributed by atoms with Crippen molar-refractivity contribution in [2.24, 2.45) is 0 Å². The highest BCUT2D eigenvalue weighted by molar-refractivity contribution is 6.06. The number of furan rings is 1. The highest BCUT2D eigenvalue weighted by Gasteiger charge is 2.17. The molecule has 0 radical (unpaired) electrons. The molecule has 0 saturated heterocycles. The molecule has 1 aromatic heterocycles. The molecule has 0 atom stereocenters. The molecule has 0 spiro atoms. The van der Waals surface area contributed by atoms with Crippen LogP contribution in [0.25, 0.3) is 11.0 Å². The number of aromatic carboxylic acids is 1. The van der Waals surface area contributed by atoms with E-state index < -0.39 is 5.97 Å². The SMILES string of the molecule is Cc1ccc2oc(C(=O)Nc3ccc(C(=O)[O-])cc3)c(C)c2c1. The average molecular weight is 308 g/mol. The third-order valence-electron chi connectivity index (χ3n) is 3.68. The number of carboxylic acids is 1. The lowest BCUT2D eigenvalue weighted by atomic mass is 10.1. The first-order valence-corrected chi connectivity index (χ1v) is 7.08. The van der Waals surface area contributed by atoms with Gasteiger partial charge in [-0.05, 0) is 43.7 Å². The lowest BCUT2D eigenvalue weighted by molar-refractivity contribution is -0.255. The topological polar surface area (TPSA) is 82.4 Å². The van der Waals surface area contributed by atoms with Gasteiger partial charge in [0.25, 0.3) is 5.91 Å². The Kier molecular flexibility index (Phi) is 3.62. The van der Waals surface area contributed by atoms with E-state index >= 15 is 0 Å². The zero-order chi connectivity index (χ0) is 16.6. The second-order valence-electron chi connectivity index (χ2n) is 5.37. The number of aryl methyl sites for hydroxylation is 2. The second kappa shape index (κ2) is 5.61. The van der Waals surface area contributed by atoms with Crippen molar-refractivity contribution in [2.75, 3.05) is 5.32 Å². The van der Waals surface area contributed by atoms with Crippen molar-refractivity contribution in [2.45, 2.75) is 13.8 Å². The Bertz CT molecular complexity index is 907. The van der Waals surface area contributed by atoms with Gasteiger partial charge in [-0.15, -0.1) is 0 Å². The fraction of sp³-hybridized carbons (Fsp3) is 0.111. The molecule has 5 nitrogen and oxygen atoms in total. The van der Waals surface area contributed by atoms with Gasteiger partial charge in [-0.2, -0.15) is 0 Å². The van der Waals surface area contributed by atoms with Crippen molar-refractivity contribution in [3.63, 3.8) is 0 Å². The van der Waals surface area contributed by atoms with E-state index in [9.17, 15) is 14.7 Å². The van der Waals surface area contributed by atoms with Crippen LogP contribution in [0.15, 0.2) is 46.9 Å². The van der Waals surface area contributed by atoms with E-state index in [-0.39, 0.29) is 17.2 Å². The van der Waals surface area contributed by atoms with Gasteiger partial charge >= 0.3 is 0 Å². The van der Waals surface area contributed by atoms with Gasteiger partial charge in [-0.3, -0.25) is 4.79 Å². The average Bonchev–Trinajstić information content (AvgIpc) is 2.85. The predicted octanol–water partition coefficient (Wildman–Crippen LogP) is 2.67. The summed E-state index contributed by atoms with van der Waals surface area (Å²) in [5.74, 6) is -1.39. The van der Waals surface area contributed by atoms with Crippen molar-refractivity contribution in [3.05, 3.63) is 64.9 Å². The van der Waals surface area contributed by atoms with Gasteiger partial charge in [-0.25, -0.2) is 0 Å². The van der Waals surface area contributed by atoms with E-state index in [4.69, 9.17) is 4.42 Å². The molecule has 3 aromatic rings. The van der Waals surface area contributed by atoms with Crippen molar-refractivity contribution < 1.29 is 19.1 Å². The highest BCUT2D eigenvalue weighted by Crippen LogP contribution is 2.26. The number of fused-ring (bicyclic) bond motifs is 1. The molecule has 0 saturated carbocycles. The van der Waals surface area contributed by atoms with Crippen LogP contribution in [0.4, 0.5) is 5.69 Å². The lowest BCUT2D eigenvalue weighted by Gasteiger charge is -2.06. The molecule has 1 amide bonds. The van der Waals surface area contributed by atoms with Gasteiger partial charge in [0.2, 0.25) is 0 Å². The number of carbonyl (C=O) groups is 2. The fourth-order valence-corrected chi connectivity index (χ4v) is 2.43. The quantitative estimate of drug-likeness (QED) is 0.806. The summed E-state index contributed by atoms with van der Waals surface area (Å²) >= 11 is 0. The molecule has 1 N–H and O–H groups in total. The molecule has 0 bridgehead atoms. The van der Waals surface area contributed by atoms with Crippen LogP contribution in [-0.4, -0.2) is 11.9 Å². The fourth-order valence-electron chi connectivity index (χ4n) is 2.43. The number of hydrogen-bond donors (Lipinski definition) is 1. The van der Waals surface area contributed by atoms with Crippen molar-refractivity contribution in [1.29, 1.82) is 0 Å². The summed E-state index contributed by atoms with van der Waals surface area (Å²) in [5.41, 5.74) is 3.05. The van der Waals surface area contributed by atoms with Crippen LogP contribution in [0, 0.1) is 13.8 Å². The Hall–Kier alpha value is -3.08. The van der Waals surface area contributed by atoms with Crippen LogP contribution in [0.2, 0.25) is 0 Å². The molecule has 1 heterocycles. The van der Waals surface area contributed by atoms with Crippen LogP contribution < -0.4 is 10.4 Å². The van der Waals surface area contributed by atoms with Crippen LogP contribution in [-0.2, 0) is 0 Å². The maximum absolute atomic E-state index is 12.4. The van der Waals surface area contributed by atoms with E-state index in [1.807, 2.05) is 32.0 Å². The van der Waals surface area contributed by atoms with Gasteiger partial charge in [0, 0.05) is 16.6 Å². The summed E-state index contributed by atoms with van der Waals surface area (Å²) in [7, 11) is 0. The zero-order valence-electron chi connectivity index (χ0n) is 12.7. The molecule has 0 unspecified atom stereocenters. The number of carboxylic acid groups (broad SMARTS) is 1. The second-order valence-corrected chi connectivity index (χ2v) is 5.37. The maximum atomic E-state index is 12.4. The third-order valence-corrected chi connectivity index (χ3v) is 3.68. The molecule has 0 aliphatic rings. The molecule has 3 rings (SSSR count). The number of carbonyl (C=O) groups excluding carboxylic acids is 2. The molecule has 23 heavy (non-hydrogen) atoms. The minimum absolute atomic E-state index is 0.0541. The summed E-state index contributed by atoms with van der Waals surface area (Å²) in [5, 5.41) is 14.3. The normalized spacial score (nSPS) is 10.7. The molecular weight excluding hydrogens is 294 g/mol. The van der Waals surface area contributed by atoms with Crippen molar-refractivity contribution in [3.8, 4) is 0 Å². The Labute approximate surface area is 132 Å². The first kappa shape index (κ1) is 14.8. The van der Waals surface area contributed by atoms with Gasteiger partial charge in [0.15, 0.2) is 5.76 Å². The minimum Gasteiger partial charge on any atom is -0.545 e. The molecule has 0 aliphatic carbocycles. The molecule has 0 fully saturated rings.